The average Bonchev–Trinajstić information content (AvgIpc) is 2.04. The third-order valence-corrected chi connectivity index (χ3v) is 3.46. The summed E-state index contributed by atoms with van der Waals surface area (Å²) in [6.07, 6.45) is 0.398. The van der Waals surface area contributed by atoms with Crippen molar-refractivity contribution in [1.29, 1.82) is 5.26 Å². The number of nitrogens with zero attached hydrogens (tertiary/aromatic N) is 1. The van der Waals surface area contributed by atoms with E-state index in [1.165, 1.54) is 0 Å². The van der Waals surface area contributed by atoms with Gasteiger partial charge in [-0.2, -0.15) is 5.26 Å². The largest absolute Gasteiger partial charge is 0.315 e. The fraction of sp³-hybridized carbons (Fsp3) is 0.857. The number of sulfone groups is 1. The molecule has 6 heteroatoms. The lowest BCUT2D eigenvalue weighted by Crippen LogP contribution is -2.25. The molecule has 0 saturated carbocycles. The van der Waals surface area contributed by atoms with Gasteiger partial charge in [0.2, 0.25) is 0 Å². The fourth-order valence-electron chi connectivity index (χ4n) is 0.717. The summed E-state index contributed by atoms with van der Waals surface area (Å²) >= 11 is 5.31. The van der Waals surface area contributed by atoms with Crippen LogP contribution in [0.2, 0.25) is 0 Å². The van der Waals surface area contributed by atoms with Crippen LogP contribution in [0.15, 0.2) is 0 Å². The van der Waals surface area contributed by atoms with Gasteiger partial charge in [-0.15, -0.1) is 11.6 Å². The van der Waals surface area contributed by atoms with Crippen molar-refractivity contribution in [3.05, 3.63) is 0 Å². The van der Waals surface area contributed by atoms with Crippen LogP contribution in [0.4, 0.5) is 0 Å². The highest BCUT2D eigenvalue weighted by Crippen LogP contribution is 1.90. The van der Waals surface area contributed by atoms with Crippen LogP contribution in [0, 0.1) is 11.3 Å². The molecular formula is C7H13ClN2O2S. The van der Waals surface area contributed by atoms with E-state index in [1.54, 1.807) is 0 Å². The average molecular weight is 225 g/mol. The maximum atomic E-state index is 11.1. The van der Waals surface area contributed by atoms with Gasteiger partial charge >= 0.3 is 0 Å². The van der Waals surface area contributed by atoms with Gasteiger partial charge in [-0.25, -0.2) is 8.42 Å². The molecule has 0 aliphatic heterocycles. The normalized spacial score (nSPS) is 11.1. The molecule has 76 valence electrons. The number of nitriles is 1. The summed E-state index contributed by atoms with van der Waals surface area (Å²) in [5.74, 6) is 0.250. The molecule has 0 bridgehead atoms. The summed E-state index contributed by atoms with van der Waals surface area (Å²) in [6, 6.07) is 1.96. The maximum absolute atomic E-state index is 11.1. The Kier molecular flexibility index (Phi) is 6.96. The molecule has 1 N–H and O–H groups in total. The van der Waals surface area contributed by atoms with Crippen LogP contribution >= 0.6 is 11.6 Å². The highest BCUT2D eigenvalue weighted by molar-refractivity contribution is 7.91. The minimum Gasteiger partial charge on any atom is -0.315 e. The van der Waals surface area contributed by atoms with E-state index in [4.69, 9.17) is 16.9 Å². The Hall–Kier alpha value is -0.310. The molecule has 0 atom stereocenters. The van der Waals surface area contributed by atoms with Crippen molar-refractivity contribution in [2.24, 2.45) is 0 Å². The SMILES string of the molecule is N#CCCNCCS(=O)(=O)CCCl. The number of rotatable bonds is 7. The molecular weight excluding hydrogens is 212 g/mol. The molecule has 0 radical (unpaired) electrons. The highest BCUT2D eigenvalue weighted by Gasteiger charge is 2.08. The smallest absolute Gasteiger partial charge is 0.152 e. The number of halogens is 1. The van der Waals surface area contributed by atoms with Crippen LogP contribution < -0.4 is 5.32 Å². The zero-order valence-corrected chi connectivity index (χ0v) is 8.86. The van der Waals surface area contributed by atoms with Gasteiger partial charge in [-0.1, -0.05) is 0 Å². The van der Waals surface area contributed by atoms with Crippen molar-refractivity contribution in [3.63, 3.8) is 0 Å². The topological polar surface area (TPSA) is 70.0 Å². The molecule has 0 aromatic rings. The number of hydrogen-bond acceptors (Lipinski definition) is 4. The maximum Gasteiger partial charge on any atom is 0.152 e. The highest BCUT2D eigenvalue weighted by atomic mass is 35.5. The van der Waals surface area contributed by atoms with Gasteiger partial charge in [0.25, 0.3) is 0 Å². The molecule has 0 aliphatic carbocycles. The minimum absolute atomic E-state index is 0.0223. The van der Waals surface area contributed by atoms with Crippen LogP contribution in [-0.4, -0.2) is 38.9 Å². The first kappa shape index (κ1) is 12.7. The summed E-state index contributed by atoms with van der Waals surface area (Å²) in [5, 5.41) is 11.0. The number of alkyl halides is 1. The van der Waals surface area contributed by atoms with Crippen molar-refractivity contribution in [2.75, 3.05) is 30.5 Å². The molecule has 0 aromatic carbocycles. The lowest BCUT2D eigenvalue weighted by Gasteiger charge is -2.02. The van der Waals surface area contributed by atoms with Gasteiger partial charge in [0.1, 0.15) is 0 Å². The summed E-state index contributed by atoms with van der Waals surface area (Å²) in [7, 11) is -3.00. The standard InChI is InChI=1S/C7H13ClN2O2S/c8-2-6-13(11,12)7-5-10-4-1-3-9/h10H,1-2,4-7H2. The summed E-state index contributed by atoms with van der Waals surface area (Å²) in [6.45, 7) is 0.924. The van der Waals surface area contributed by atoms with Gasteiger partial charge in [0.05, 0.1) is 17.6 Å². The first-order valence-electron chi connectivity index (χ1n) is 3.96. The second-order valence-electron chi connectivity index (χ2n) is 2.50. The molecule has 4 nitrogen and oxygen atoms in total. The molecule has 13 heavy (non-hydrogen) atoms. The van der Waals surface area contributed by atoms with E-state index in [0.29, 0.717) is 19.5 Å². The molecule has 0 rings (SSSR count). The molecule has 0 spiro atoms. The van der Waals surface area contributed by atoms with Gasteiger partial charge < -0.3 is 5.32 Å². The van der Waals surface area contributed by atoms with Crippen LogP contribution in [0.25, 0.3) is 0 Å². The summed E-state index contributed by atoms with van der Waals surface area (Å²) in [4.78, 5) is 0. The van der Waals surface area contributed by atoms with Crippen LogP contribution in [0.1, 0.15) is 6.42 Å². The second-order valence-corrected chi connectivity index (χ2v) is 5.18. The summed E-state index contributed by atoms with van der Waals surface area (Å²) < 4.78 is 22.1. The van der Waals surface area contributed by atoms with Crippen LogP contribution in [-0.2, 0) is 9.84 Å². The molecule has 0 amide bonds. The van der Waals surface area contributed by atoms with Gasteiger partial charge in [-0.3, -0.25) is 0 Å². The van der Waals surface area contributed by atoms with E-state index in [0.717, 1.165) is 0 Å². The number of nitrogens with one attached hydrogen (secondary N) is 1. The van der Waals surface area contributed by atoms with Gasteiger partial charge in [0.15, 0.2) is 9.84 Å². The lowest BCUT2D eigenvalue weighted by atomic mass is 10.5. The Bertz CT molecular complexity index is 258. The first-order valence-corrected chi connectivity index (χ1v) is 6.32. The lowest BCUT2D eigenvalue weighted by molar-refractivity contribution is 0.592. The Balaban J connectivity index is 3.48. The fourth-order valence-corrected chi connectivity index (χ4v) is 2.32. The Labute approximate surface area is 83.8 Å². The molecule has 0 heterocycles. The Morgan fingerprint density at radius 2 is 2.00 bits per heavy atom. The molecule has 0 unspecified atom stereocenters. The molecule has 0 fully saturated rings. The Morgan fingerprint density at radius 1 is 1.31 bits per heavy atom. The van der Waals surface area contributed by atoms with E-state index < -0.39 is 9.84 Å². The first-order chi connectivity index (χ1) is 6.12. The molecule has 0 aromatic heterocycles. The summed E-state index contributed by atoms with van der Waals surface area (Å²) in [5.41, 5.74) is 0. The van der Waals surface area contributed by atoms with E-state index in [9.17, 15) is 8.42 Å². The van der Waals surface area contributed by atoms with E-state index in [2.05, 4.69) is 5.32 Å². The van der Waals surface area contributed by atoms with E-state index in [1.807, 2.05) is 6.07 Å². The van der Waals surface area contributed by atoms with Crippen molar-refractivity contribution >= 4 is 21.4 Å². The zero-order valence-electron chi connectivity index (χ0n) is 7.29. The zero-order chi connectivity index (χ0) is 10.2. The minimum atomic E-state index is -3.00. The molecule has 0 aliphatic rings. The molecule has 0 saturated heterocycles. The Morgan fingerprint density at radius 3 is 2.54 bits per heavy atom. The van der Waals surface area contributed by atoms with E-state index in [-0.39, 0.29) is 17.4 Å². The number of hydrogen-bond donors (Lipinski definition) is 1. The second kappa shape index (κ2) is 7.13. The van der Waals surface area contributed by atoms with Crippen molar-refractivity contribution < 1.29 is 8.42 Å². The van der Waals surface area contributed by atoms with Crippen molar-refractivity contribution in [3.8, 4) is 6.07 Å². The quantitative estimate of drug-likeness (QED) is 0.494. The predicted molar refractivity (Wildman–Crippen MR) is 52.5 cm³/mol. The van der Waals surface area contributed by atoms with Gasteiger partial charge in [0, 0.05) is 25.4 Å². The third kappa shape index (κ3) is 8.03. The van der Waals surface area contributed by atoms with E-state index >= 15 is 0 Å². The van der Waals surface area contributed by atoms with Crippen LogP contribution in [0.5, 0.6) is 0 Å². The third-order valence-electron chi connectivity index (χ3n) is 1.39. The predicted octanol–water partition coefficient (Wildman–Crippen LogP) is 0.143. The van der Waals surface area contributed by atoms with Crippen LogP contribution in [0.3, 0.4) is 0 Å². The monoisotopic (exact) mass is 224 g/mol. The van der Waals surface area contributed by atoms with Crippen molar-refractivity contribution in [1.82, 2.24) is 5.32 Å². The van der Waals surface area contributed by atoms with Crippen molar-refractivity contribution in [2.45, 2.75) is 6.42 Å². The van der Waals surface area contributed by atoms with Gasteiger partial charge in [-0.05, 0) is 0 Å².